The fourth-order valence-electron chi connectivity index (χ4n) is 2.14. The van der Waals surface area contributed by atoms with Crippen molar-refractivity contribution in [3.05, 3.63) is 29.8 Å². The van der Waals surface area contributed by atoms with Crippen molar-refractivity contribution >= 4 is 5.84 Å². The van der Waals surface area contributed by atoms with E-state index in [9.17, 15) is 0 Å². The molecule has 1 aliphatic heterocycles. The number of oxime groups is 1. The first kappa shape index (κ1) is 14.6. The maximum absolute atomic E-state index is 8.58. The normalized spacial score (nSPS) is 19.5. The lowest BCUT2D eigenvalue weighted by Crippen LogP contribution is -2.35. The number of amidine groups is 1. The Morgan fingerprint density at radius 1 is 1.50 bits per heavy atom. The second kappa shape index (κ2) is 7.12. The van der Waals surface area contributed by atoms with Crippen LogP contribution in [0.5, 0.6) is 5.75 Å². The standard InChI is InChI=1S/C14H21N3O3/c1-17(12-6-8-19-10-12)7-9-20-13-4-2-11(3-5-13)14(15)16-18/h2-5,12,18H,6-10H2,1H3,(H2,15,16). The fraction of sp³-hybridized carbons (Fsp3) is 0.500. The number of nitrogens with zero attached hydrogens (tertiary/aromatic N) is 2. The van der Waals surface area contributed by atoms with Crippen molar-refractivity contribution in [2.24, 2.45) is 10.9 Å². The highest BCUT2D eigenvalue weighted by molar-refractivity contribution is 5.97. The number of rotatable bonds is 6. The van der Waals surface area contributed by atoms with E-state index < -0.39 is 0 Å². The van der Waals surface area contributed by atoms with E-state index in [2.05, 4.69) is 17.1 Å². The van der Waals surface area contributed by atoms with Crippen molar-refractivity contribution in [3.8, 4) is 5.75 Å². The average molecular weight is 279 g/mol. The van der Waals surface area contributed by atoms with Crippen LogP contribution in [0.3, 0.4) is 0 Å². The molecule has 1 aromatic rings. The molecule has 1 fully saturated rings. The van der Waals surface area contributed by atoms with Crippen LogP contribution in [0.4, 0.5) is 0 Å². The summed E-state index contributed by atoms with van der Waals surface area (Å²) in [6.45, 7) is 3.14. The molecule has 1 aromatic carbocycles. The van der Waals surface area contributed by atoms with E-state index in [1.807, 2.05) is 12.1 Å². The first-order chi connectivity index (χ1) is 9.70. The van der Waals surface area contributed by atoms with Crippen molar-refractivity contribution < 1.29 is 14.7 Å². The van der Waals surface area contributed by atoms with Crippen LogP contribution in [0.25, 0.3) is 0 Å². The lowest BCUT2D eigenvalue weighted by Gasteiger charge is -2.22. The zero-order valence-corrected chi connectivity index (χ0v) is 11.7. The molecule has 0 spiro atoms. The van der Waals surface area contributed by atoms with E-state index in [1.54, 1.807) is 12.1 Å². The van der Waals surface area contributed by atoms with Gasteiger partial charge in [0.2, 0.25) is 0 Å². The third kappa shape index (κ3) is 3.85. The molecule has 0 amide bonds. The number of hydrogen-bond donors (Lipinski definition) is 2. The van der Waals surface area contributed by atoms with Crippen molar-refractivity contribution in [2.45, 2.75) is 12.5 Å². The van der Waals surface area contributed by atoms with Gasteiger partial charge in [0, 0.05) is 24.8 Å². The largest absolute Gasteiger partial charge is 0.492 e. The van der Waals surface area contributed by atoms with Gasteiger partial charge in [-0.3, -0.25) is 4.90 Å². The average Bonchev–Trinajstić information content (AvgIpc) is 3.01. The molecule has 20 heavy (non-hydrogen) atoms. The molecular formula is C14H21N3O3. The highest BCUT2D eigenvalue weighted by atomic mass is 16.5. The van der Waals surface area contributed by atoms with Gasteiger partial charge in [-0.25, -0.2) is 0 Å². The molecule has 1 aliphatic rings. The lowest BCUT2D eigenvalue weighted by atomic mass is 10.2. The first-order valence-electron chi connectivity index (χ1n) is 6.69. The van der Waals surface area contributed by atoms with Gasteiger partial charge in [0.15, 0.2) is 5.84 Å². The Bertz CT molecular complexity index is 441. The van der Waals surface area contributed by atoms with Crippen LogP contribution in [0.15, 0.2) is 29.4 Å². The minimum Gasteiger partial charge on any atom is -0.492 e. The van der Waals surface area contributed by atoms with E-state index in [0.717, 1.165) is 31.9 Å². The van der Waals surface area contributed by atoms with Gasteiger partial charge < -0.3 is 20.4 Å². The topological polar surface area (TPSA) is 80.3 Å². The minimum absolute atomic E-state index is 0.0949. The summed E-state index contributed by atoms with van der Waals surface area (Å²) < 4.78 is 11.0. The molecule has 1 heterocycles. The second-order valence-corrected chi connectivity index (χ2v) is 4.86. The molecule has 1 unspecified atom stereocenters. The summed E-state index contributed by atoms with van der Waals surface area (Å²) in [7, 11) is 2.09. The minimum atomic E-state index is 0.0949. The second-order valence-electron chi connectivity index (χ2n) is 4.86. The van der Waals surface area contributed by atoms with Crippen LogP contribution in [-0.2, 0) is 4.74 Å². The Labute approximate surface area is 118 Å². The maximum Gasteiger partial charge on any atom is 0.170 e. The van der Waals surface area contributed by atoms with Crippen molar-refractivity contribution in [2.75, 3.05) is 33.4 Å². The quantitative estimate of drug-likeness (QED) is 0.350. The molecule has 0 radical (unpaired) electrons. The van der Waals surface area contributed by atoms with Gasteiger partial charge in [-0.05, 0) is 37.7 Å². The van der Waals surface area contributed by atoms with Crippen LogP contribution >= 0.6 is 0 Å². The van der Waals surface area contributed by atoms with Gasteiger partial charge in [0.25, 0.3) is 0 Å². The molecule has 1 atom stereocenters. The summed E-state index contributed by atoms with van der Waals surface area (Å²) in [5.74, 6) is 0.869. The summed E-state index contributed by atoms with van der Waals surface area (Å²) in [4.78, 5) is 2.26. The summed E-state index contributed by atoms with van der Waals surface area (Å²) >= 11 is 0. The Morgan fingerprint density at radius 2 is 2.25 bits per heavy atom. The summed E-state index contributed by atoms with van der Waals surface area (Å²) in [5, 5.41) is 11.5. The number of nitrogens with two attached hydrogens (primary N) is 1. The molecule has 1 saturated heterocycles. The van der Waals surface area contributed by atoms with E-state index in [0.29, 0.717) is 18.2 Å². The van der Waals surface area contributed by atoms with E-state index in [-0.39, 0.29) is 5.84 Å². The molecular weight excluding hydrogens is 258 g/mol. The first-order valence-corrected chi connectivity index (χ1v) is 6.69. The van der Waals surface area contributed by atoms with Gasteiger partial charge in [-0.1, -0.05) is 5.16 Å². The van der Waals surface area contributed by atoms with Crippen molar-refractivity contribution in [3.63, 3.8) is 0 Å². The number of likely N-dealkylation sites (N-methyl/N-ethyl adjacent to an activating group) is 1. The summed E-state index contributed by atoms with van der Waals surface area (Å²) in [6.07, 6.45) is 1.09. The van der Waals surface area contributed by atoms with Gasteiger partial charge in [0.1, 0.15) is 12.4 Å². The van der Waals surface area contributed by atoms with E-state index >= 15 is 0 Å². The van der Waals surface area contributed by atoms with Gasteiger partial charge in [0.05, 0.1) is 6.61 Å². The molecule has 3 N–H and O–H groups in total. The molecule has 6 nitrogen and oxygen atoms in total. The number of ether oxygens (including phenoxy) is 2. The molecule has 0 bridgehead atoms. The van der Waals surface area contributed by atoms with Crippen LogP contribution in [0.1, 0.15) is 12.0 Å². The summed E-state index contributed by atoms with van der Waals surface area (Å²) in [5.41, 5.74) is 6.16. The smallest absolute Gasteiger partial charge is 0.170 e. The Balaban J connectivity index is 1.76. The van der Waals surface area contributed by atoms with Crippen molar-refractivity contribution in [1.82, 2.24) is 4.90 Å². The monoisotopic (exact) mass is 279 g/mol. The number of benzene rings is 1. The van der Waals surface area contributed by atoms with Gasteiger partial charge in [-0.15, -0.1) is 0 Å². The lowest BCUT2D eigenvalue weighted by molar-refractivity contribution is 0.147. The zero-order valence-electron chi connectivity index (χ0n) is 11.7. The van der Waals surface area contributed by atoms with Crippen LogP contribution < -0.4 is 10.5 Å². The van der Waals surface area contributed by atoms with E-state index in [4.69, 9.17) is 20.4 Å². The summed E-state index contributed by atoms with van der Waals surface area (Å²) in [6, 6.07) is 7.65. The predicted molar refractivity (Wildman–Crippen MR) is 76.3 cm³/mol. The molecule has 110 valence electrons. The van der Waals surface area contributed by atoms with E-state index in [1.165, 1.54) is 0 Å². The molecule has 2 rings (SSSR count). The molecule has 0 saturated carbocycles. The van der Waals surface area contributed by atoms with Crippen molar-refractivity contribution in [1.29, 1.82) is 0 Å². The third-order valence-electron chi connectivity index (χ3n) is 3.50. The maximum atomic E-state index is 8.58. The van der Waals surface area contributed by atoms with Crippen LogP contribution in [0, 0.1) is 0 Å². The van der Waals surface area contributed by atoms with Gasteiger partial charge >= 0.3 is 0 Å². The third-order valence-corrected chi connectivity index (χ3v) is 3.50. The Hall–Kier alpha value is -1.79. The van der Waals surface area contributed by atoms with Gasteiger partial charge in [-0.2, -0.15) is 0 Å². The van der Waals surface area contributed by atoms with Crippen LogP contribution in [-0.4, -0.2) is 55.4 Å². The fourth-order valence-corrected chi connectivity index (χ4v) is 2.14. The highest BCUT2D eigenvalue weighted by Gasteiger charge is 2.19. The zero-order chi connectivity index (χ0) is 14.4. The van der Waals surface area contributed by atoms with Crippen LogP contribution in [0.2, 0.25) is 0 Å². The molecule has 6 heteroatoms. The SMILES string of the molecule is CN(CCOc1ccc(/C(N)=N/O)cc1)C1CCOC1. The number of hydrogen-bond acceptors (Lipinski definition) is 5. The predicted octanol–water partition coefficient (Wildman–Crippen LogP) is 0.881. The molecule has 0 aliphatic carbocycles. The Morgan fingerprint density at radius 3 is 2.85 bits per heavy atom. The highest BCUT2D eigenvalue weighted by Crippen LogP contribution is 2.13. The Kier molecular flexibility index (Phi) is 5.20. The molecule has 0 aromatic heterocycles.